The second-order valence-corrected chi connectivity index (χ2v) is 6.14. The molecule has 0 unspecified atom stereocenters. The Morgan fingerprint density at radius 2 is 1.95 bits per heavy atom. The third-order valence-corrected chi connectivity index (χ3v) is 4.86. The second kappa shape index (κ2) is 7.36. The lowest BCUT2D eigenvalue weighted by Crippen LogP contribution is -2.45. The van der Waals surface area contributed by atoms with Crippen molar-refractivity contribution in [3.63, 3.8) is 0 Å². The molecule has 1 N–H and O–H groups in total. The Morgan fingerprint density at radius 3 is 2.62 bits per heavy atom. The van der Waals surface area contributed by atoms with Gasteiger partial charge >= 0.3 is 0 Å². The average Bonchev–Trinajstić information content (AvgIpc) is 2.99. The van der Waals surface area contributed by atoms with E-state index in [2.05, 4.69) is 33.8 Å². The molecule has 1 aromatic carbocycles. The van der Waals surface area contributed by atoms with Crippen LogP contribution < -0.4 is 5.32 Å². The lowest BCUT2D eigenvalue weighted by atomic mass is 9.97. The van der Waals surface area contributed by atoms with Gasteiger partial charge in [-0.1, -0.05) is 18.2 Å². The molecule has 5 heteroatoms. The molecule has 3 rings (SSSR count). The summed E-state index contributed by atoms with van der Waals surface area (Å²) in [5.41, 5.74) is 1.86. The van der Waals surface area contributed by atoms with Crippen LogP contribution in [0.4, 0.5) is 4.39 Å². The number of hydrogen-bond acceptors (Lipinski definition) is 3. The number of nitrogens with zero attached hydrogens (tertiary/aromatic N) is 1. The van der Waals surface area contributed by atoms with Crippen molar-refractivity contribution < 1.29 is 4.39 Å². The maximum Gasteiger partial charge on any atom is 0.126 e. The van der Waals surface area contributed by atoms with Crippen LogP contribution in [0.25, 0.3) is 0 Å². The number of benzene rings is 1. The number of piperazine rings is 1. The van der Waals surface area contributed by atoms with Crippen LogP contribution in [-0.4, -0.2) is 31.1 Å². The second-order valence-electron chi connectivity index (χ2n) is 5.16. The van der Waals surface area contributed by atoms with E-state index in [1.807, 2.05) is 13.0 Å². The van der Waals surface area contributed by atoms with Crippen LogP contribution in [0.1, 0.15) is 22.0 Å². The fourth-order valence-electron chi connectivity index (χ4n) is 2.84. The predicted molar refractivity (Wildman–Crippen MR) is 89.0 cm³/mol. The van der Waals surface area contributed by atoms with Crippen LogP contribution in [0.15, 0.2) is 35.7 Å². The van der Waals surface area contributed by atoms with Crippen LogP contribution in [0.2, 0.25) is 0 Å². The standard InChI is InChI=1S/C16H19FN2S.ClH/c1-12-13(4-2-5-14(12)17)16(15-6-3-11-20-15)19-9-7-18-8-10-19;/h2-6,11,16,18H,7-10H2,1H3;1H/t16-;/m0./s1. The third-order valence-electron chi connectivity index (χ3n) is 3.93. The van der Waals surface area contributed by atoms with Gasteiger partial charge in [-0.2, -0.15) is 0 Å². The molecule has 2 nitrogen and oxygen atoms in total. The number of hydrogen-bond donors (Lipinski definition) is 1. The first kappa shape index (κ1) is 16.4. The van der Waals surface area contributed by atoms with Gasteiger partial charge < -0.3 is 5.32 Å². The summed E-state index contributed by atoms with van der Waals surface area (Å²) >= 11 is 1.75. The molecule has 0 aliphatic carbocycles. The first-order chi connectivity index (χ1) is 9.77. The van der Waals surface area contributed by atoms with Crippen molar-refractivity contribution in [2.45, 2.75) is 13.0 Å². The van der Waals surface area contributed by atoms with Gasteiger partial charge in [-0.05, 0) is 35.6 Å². The number of nitrogens with one attached hydrogen (secondary N) is 1. The fourth-order valence-corrected chi connectivity index (χ4v) is 3.71. The van der Waals surface area contributed by atoms with E-state index >= 15 is 0 Å². The SMILES string of the molecule is Cc1c(F)cccc1[C@@H](c1cccs1)N1CCNCC1.Cl. The fraction of sp³-hybridized carbons (Fsp3) is 0.375. The zero-order chi connectivity index (χ0) is 13.9. The molecule has 1 aliphatic rings. The monoisotopic (exact) mass is 326 g/mol. The minimum Gasteiger partial charge on any atom is -0.314 e. The molecule has 0 bridgehead atoms. The predicted octanol–water partition coefficient (Wildman–Crippen LogP) is 3.61. The van der Waals surface area contributed by atoms with Crippen molar-refractivity contribution in [3.05, 3.63) is 57.5 Å². The Balaban J connectivity index is 0.00000161. The summed E-state index contributed by atoms with van der Waals surface area (Å²) in [4.78, 5) is 3.74. The molecule has 0 radical (unpaired) electrons. The van der Waals surface area contributed by atoms with Crippen LogP contribution in [0, 0.1) is 12.7 Å². The lowest BCUT2D eigenvalue weighted by molar-refractivity contribution is 0.200. The van der Waals surface area contributed by atoms with Crippen molar-refractivity contribution in [1.82, 2.24) is 10.2 Å². The lowest BCUT2D eigenvalue weighted by Gasteiger charge is -2.35. The molecule has 1 saturated heterocycles. The van der Waals surface area contributed by atoms with Gasteiger partial charge in [0.05, 0.1) is 6.04 Å². The van der Waals surface area contributed by atoms with Crippen molar-refractivity contribution >= 4 is 23.7 Å². The van der Waals surface area contributed by atoms with Crippen LogP contribution >= 0.6 is 23.7 Å². The summed E-state index contributed by atoms with van der Waals surface area (Å²) in [7, 11) is 0. The van der Waals surface area contributed by atoms with Gasteiger partial charge in [0.15, 0.2) is 0 Å². The summed E-state index contributed by atoms with van der Waals surface area (Å²) < 4.78 is 13.9. The highest BCUT2D eigenvalue weighted by Crippen LogP contribution is 2.34. The van der Waals surface area contributed by atoms with Gasteiger partial charge in [0.2, 0.25) is 0 Å². The van der Waals surface area contributed by atoms with Gasteiger partial charge in [-0.3, -0.25) is 4.90 Å². The molecule has 114 valence electrons. The average molecular weight is 327 g/mol. The van der Waals surface area contributed by atoms with Crippen molar-refractivity contribution in [3.8, 4) is 0 Å². The van der Waals surface area contributed by atoms with E-state index in [9.17, 15) is 4.39 Å². The molecule has 1 aliphatic heterocycles. The molecule has 2 aromatic rings. The normalized spacial score (nSPS) is 17.2. The number of thiophene rings is 1. The largest absolute Gasteiger partial charge is 0.314 e. The Hall–Kier alpha value is -0.940. The zero-order valence-electron chi connectivity index (χ0n) is 12.0. The Kier molecular flexibility index (Phi) is 5.76. The summed E-state index contributed by atoms with van der Waals surface area (Å²) in [6.07, 6.45) is 0. The molecule has 21 heavy (non-hydrogen) atoms. The molecular weight excluding hydrogens is 307 g/mol. The molecule has 0 saturated carbocycles. The minimum absolute atomic E-state index is 0. The maximum absolute atomic E-state index is 13.9. The third kappa shape index (κ3) is 3.46. The van der Waals surface area contributed by atoms with Crippen molar-refractivity contribution in [2.75, 3.05) is 26.2 Å². The Labute approximate surface area is 135 Å². The minimum atomic E-state index is -0.112. The van der Waals surface area contributed by atoms with Gasteiger partial charge in [-0.25, -0.2) is 4.39 Å². The van der Waals surface area contributed by atoms with Crippen LogP contribution in [0.3, 0.4) is 0 Å². The summed E-state index contributed by atoms with van der Waals surface area (Å²) in [5, 5.41) is 5.48. The van der Waals surface area contributed by atoms with Crippen molar-refractivity contribution in [2.24, 2.45) is 0 Å². The highest BCUT2D eigenvalue weighted by molar-refractivity contribution is 7.10. The van der Waals surface area contributed by atoms with E-state index in [1.165, 1.54) is 4.88 Å². The van der Waals surface area contributed by atoms with Gasteiger partial charge in [0.25, 0.3) is 0 Å². The molecule has 0 spiro atoms. The van der Waals surface area contributed by atoms with Gasteiger partial charge in [-0.15, -0.1) is 23.7 Å². The first-order valence-electron chi connectivity index (χ1n) is 7.00. The molecule has 1 atom stereocenters. The molecule has 0 amide bonds. The first-order valence-corrected chi connectivity index (χ1v) is 7.88. The molecule has 2 heterocycles. The summed E-state index contributed by atoms with van der Waals surface area (Å²) in [6, 6.07) is 9.83. The van der Waals surface area contributed by atoms with E-state index in [0.29, 0.717) is 0 Å². The van der Waals surface area contributed by atoms with E-state index in [-0.39, 0.29) is 24.3 Å². The summed E-state index contributed by atoms with van der Waals surface area (Å²) in [5.74, 6) is -0.112. The Bertz CT molecular complexity index is 568. The highest BCUT2D eigenvalue weighted by atomic mass is 35.5. The van der Waals surface area contributed by atoms with Gasteiger partial charge in [0.1, 0.15) is 5.82 Å². The Morgan fingerprint density at radius 1 is 1.19 bits per heavy atom. The number of halogens is 2. The summed E-state index contributed by atoms with van der Waals surface area (Å²) in [6.45, 7) is 5.87. The van der Waals surface area contributed by atoms with E-state index in [1.54, 1.807) is 17.4 Å². The highest BCUT2D eigenvalue weighted by Gasteiger charge is 2.26. The van der Waals surface area contributed by atoms with Crippen molar-refractivity contribution in [1.29, 1.82) is 0 Å². The topological polar surface area (TPSA) is 15.3 Å². The van der Waals surface area contributed by atoms with Gasteiger partial charge in [0, 0.05) is 31.1 Å². The smallest absolute Gasteiger partial charge is 0.126 e. The molecule has 1 fully saturated rings. The zero-order valence-corrected chi connectivity index (χ0v) is 13.6. The van der Waals surface area contributed by atoms with E-state index in [4.69, 9.17) is 0 Å². The maximum atomic E-state index is 13.9. The van der Waals surface area contributed by atoms with Crippen LogP contribution in [0.5, 0.6) is 0 Å². The number of rotatable bonds is 3. The van der Waals surface area contributed by atoms with E-state index in [0.717, 1.165) is 37.3 Å². The quantitative estimate of drug-likeness (QED) is 0.927. The molecule has 1 aromatic heterocycles. The van der Waals surface area contributed by atoms with Crippen LogP contribution in [-0.2, 0) is 0 Å². The molecular formula is C16H20ClFN2S. The van der Waals surface area contributed by atoms with E-state index < -0.39 is 0 Å².